The molecule has 1 aromatic heterocycles. The SMILES string of the molecule is C[C@@H]1C(c2ccc(F)cc2)=NO[C@@H]1C(=O)N[C@H](c1ccccc1)c1ccnn1C. The minimum atomic E-state index is -0.769. The van der Waals surface area contributed by atoms with Crippen LogP contribution in [0.1, 0.15) is 29.8 Å². The van der Waals surface area contributed by atoms with E-state index in [1.54, 1.807) is 23.0 Å². The molecule has 1 amide bonds. The highest BCUT2D eigenvalue weighted by atomic mass is 19.1. The molecule has 0 saturated carbocycles. The maximum Gasteiger partial charge on any atom is 0.265 e. The summed E-state index contributed by atoms with van der Waals surface area (Å²) in [6.45, 7) is 1.88. The molecule has 0 fully saturated rings. The molecule has 7 heteroatoms. The highest BCUT2D eigenvalue weighted by Crippen LogP contribution is 2.26. The average molecular weight is 392 g/mol. The van der Waals surface area contributed by atoms with Crippen molar-refractivity contribution < 1.29 is 14.0 Å². The van der Waals surface area contributed by atoms with Crippen LogP contribution in [0.2, 0.25) is 0 Å². The molecule has 0 saturated heterocycles. The van der Waals surface area contributed by atoms with Gasteiger partial charge in [-0.05, 0) is 29.3 Å². The summed E-state index contributed by atoms with van der Waals surface area (Å²) in [7, 11) is 1.84. The van der Waals surface area contributed by atoms with Gasteiger partial charge in [-0.25, -0.2) is 4.39 Å². The molecular weight excluding hydrogens is 371 g/mol. The summed E-state index contributed by atoms with van der Waals surface area (Å²) in [6.07, 6.45) is 0.927. The zero-order chi connectivity index (χ0) is 20.4. The lowest BCUT2D eigenvalue weighted by Crippen LogP contribution is -2.41. The molecule has 0 unspecified atom stereocenters. The Bertz CT molecular complexity index is 1030. The largest absolute Gasteiger partial charge is 0.381 e. The van der Waals surface area contributed by atoms with Crippen molar-refractivity contribution in [3.63, 3.8) is 0 Å². The minimum absolute atomic E-state index is 0.270. The van der Waals surface area contributed by atoms with Gasteiger partial charge in [0, 0.05) is 13.2 Å². The van der Waals surface area contributed by atoms with Gasteiger partial charge in [0.1, 0.15) is 5.82 Å². The fourth-order valence-corrected chi connectivity index (χ4v) is 3.51. The molecule has 0 radical (unpaired) electrons. The summed E-state index contributed by atoms with van der Waals surface area (Å²) in [4.78, 5) is 18.5. The van der Waals surface area contributed by atoms with Crippen LogP contribution >= 0.6 is 0 Å². The molecular formula is C22H21FN4O2. The molecule has 148 valence electrons. The molecule has 0 aliphatic carbocycles. The van der Waals surface area contributed by atoms with Crippen molar-refractivity contribution in [2.75, 3.05) is 0 Å². The van der Waals surface area contributed by atoms with E-state index in [9.17, 15) is 9.18 Å². The number of oxime groups is 1. The third-order valence-corrected chi connectivity index (χ3v) is 5.12. The van der Waals surface area contributed by atoms with Crippen LogP contribution in [0.4, 0.5) is 4.39 Å². The second-order valence-electron chi connectivity index (χ2n) is 7.03. The van der Waals surface area contributed by atoms with Gasteiger partial charge >= 0.3 is 0 Å². The van der Waals surface area contributed by atoms with Crippen LogP contribution in [0.5, 0.6) is 0 Å². The Balaban J connectivity index is 1.54. The number of nitrogens with one attached hydrogen (secondary N) is 1. The lowest BCUT2D eigenvalue weighted by molar-refractivity contribution is -0.133. The number of aromatic nitrogens is 2. The van der Waals surface area contributed by atoms with Crippen molar-refractivity contribution in [1.82, 2.24) is 15.1 Å². The smallest absolute Gasteiger partial charge is 0.265 e. The first-order chi connectivity index (χ1) is 14.0. The topological polar surface area (TPSA) is 68.5 Å². The van der Waals surface area contributed by atoms with E-state index in [0.717, 1.165) is 16.8 Å². The van der Waals surface area contributed by atoms with Crippen molar-refractivity contribution >= 4 is 11.6 Å². The number of amides is 1. The van der Waals surface area contributed by atoms with Crippen molar-refractivity contribution in [3.8, 4) is 0 Å². The zero-order valence-corrected chi connectivity index (χ0v) is 16.1. The van der Waals surface area contributed by atoms with Gasteiger partial charge in [-0.2, -0.15) is 5.10 Å². The second kappa shape index (κ2) is 7.87. The van der Waals surface area contributed by atoms with Crippen molar-refractivity contribution in [1.29, 1.82) is 0 Å². The lowest BCUT2D eigenvalue weighted by atomic mass is 9.93. The van der Waals surface area contributed by atoms with Crippen molar-refractivity contribution in [2.24, 2.45) is 18.1 Å². The van der Waals surface area contributed by atoms with Crippen LogP contribution in [0.15, 0.2) is 72.0 Å². The number of carbonyl (C=O) groups excluding carboxylic acids is 1. The summed E-state index contributed by atoms with van der Waals surface area (Å²) in [5.74, 6) is -0.867. The normalized spacial score (nSPS) is 19.3. The van der Waals surface area contributed by atoms with E-state index < -0.39 is 6.10 Å². The van der Waals surface area contributed by atoms with Gasteiger partial charge in [0.2, 0.25) is 6.10 Å². The van der Waals surface area contributed by atoms with Gasteiger partial charge < -0.3 is 10.2 Å². The van der Waals surface area contributed by atoms with Crippen LogP contribution in [0.3, 0.4) is 0 Å². The van der Waals surface area contributed by atoms with Crippen LogP contribution < -0.4 is 5.32 Å². The molecule has 1 aliphatic heterocycles. The molecule has 2 aromatic carbocycles. The second-order valence-corrected chi connectivity index (χ2v) is 7.03. The van der Waals surface area contributed by atoms with Gasteiger partial charge in [-0.1, -0.05) is 54.5 Å². The standard InChI is InChI=1S/C22H21FN4O2/c1-14-19(16-8-10-17(23)11-9-16)26-29-21(14)22(28)25-20(15-6-4-3-5-7-15)18-12-13-24-27(18)2/h3-14,20-21H,1-2H3,(H,25,28)/t14-,20-,21+/m1/s1. The third kappa shape index (κ3) is 3.76. The van der Waals surface area contributed by atoms with Crippen LogP contribution in [0.25, 0.3) is 0 Å². The first-order valence-electron chi connectivity index (χ1n) is 9.37. The van der Waals surface area contributed by atoms with Gasteiger partial charge in [-0.3, -0.25) is 9.48 Å². The van der Waals surface area contributed by atoms with Crippen LogP contribution in [-0.2, 0) is 16.7 Å². The first kappa shape index (κ1) is 18.9. The van der Waals surface area contributed by atoms with E-state index in [4.69, 9.17) is 4.84 Å². The van der Waals surface area contributed by atoms with E-state index in [2.05, 4.69) is 15.6 Å². The van der Waals surface area contributed by atoms with E-state index in [0.29, 0.717) is 5.71 Å². The molecule has 3 aromatic rings. The van der Waals surface area contributed by atoms with E-state index in [-0.39, 0.29) is 23.7 Å². The first-order valence-corrected chi connectivity index (χ1v) is 9.37. The lowest BCUT2D eigenvalue weighted by Gasteiger charge is -2.22. The molecule has 1 N–H and O–H groups in total. The quantitative estimate of drug-likeness (QED) is 0.725. The van der Waals surface area contributed by atoms with Crippen LogP contribution in [0, 0.1) is 11.7 Å². The highest BCUT2D eigenvalue weighted by Gasteiger charge is 2.38. The Kier molecular flexibility index (Phi) is 5.12. The molecule has 6 nitrogen and oxygen atoms in total. The van der Waals surface area contributed by atoms with Gasteiger partial charge in [0.05, 0.1) is 23.4 Å². The molecule has 0 bridgehead atoms. The Morgan fingerprint density at radius 2 is 1.86 bits per heavy atom. The zero-order valence-electron chi connectivity index (χ0n) is 16.1. The number of benzene rings is 2. The fraction of sp³-hybridized carbons (Fsp3) is 0.227. The van der Waals surface area contributed by atoms with E-state index in [1.807, 2.05) is 50.4 Å². The Morgan fingerprint density at radius 1 is 1.14 bits per heavy atom. The molecule has 29 heavy (non-hydrogen) atoms. The van der Waals surface area contributed by atoms with Gasteiger partial charge in [0.25, 0.3) is 5.91 Å². The third-order valence-electron chi connectivity index (χ3n) is 5.12. The molecule has 2 heterocycles. The molecule has 1 aliphatic rings. The summed E-state index contributed by atoms with van der Waals surface area (Å²) >= 11 is 0. The maximum atomic E-state index is 13.2. The Labute approximate surface area is 168 Å². The van der Waals surface area contributed by atoms with E-state index in [1.165, 1.54) is 12.1 Å². The predicted molar refractivity (Wildman–Crippen MR) is 107 cm³/mol. The summed E-state index contributed by atoms with van der Waals surface area (Å²) < 4.78 is 14.9. The summed E-state index contributed by atoms with van der Waals surface area (Å²) in [5.41, 5.74) is 3.16. The number of hydrogen-bond donors (Lipinski definition) is 1. The monoisotopic (exact) mass is 392 g/mol. The minimum Gasteiger partial charge on any atom is -0.381 e. The van der Waals surface area contributed by atoms with Gasteiger partial charge in [0.15, 0.2) is 0 Å². The number of carbonyl (C=O) groups is 1. The number of nitrogens with zero attached hydrogens (tertiary/aromatic N) is 3. The number of aryl methyl sites for hydroxylation is 1. The summed E-state index contributed by atoms with van der Waals surface area (Å²) in [5, 5.41) is 11.4. The summed E-state index contributed by atoms with van der Waals surface area (Å²) in [6, 6.07) is 17.2. The average Bonchev–Trinajstić information content (AvgIpc) is 3.33. The number of hydrogen-bond acceptors (Lipinski definition) is 4. The Morgan fingerprint density at radius 3 is 2.52 bits per heavy atom. The van der Waals surface area contributed by atoms with Gasteiger partial charge in [-0.15, -0.1) is 0 Å². The van der Waals surface area contributed by atoms with Crippen molar-refractivity contribution in [3.05, 3.63) is 89.5 Å². The molecule has 0 spiro atoms. The Hall–Kier alpha value is -3.48. The predicted octanol–water partition coefficient (Wildman–Crippen LogP) is 3.20. The highest BCUT2D eigenvalue weighted by molar-refractivity contribution is 6.05. The fourth-order valence-electron chi connectivity index (χ4n) is 3.51. The molecule has 4 rings (SSSR count). The number of halogens is 1. The molecule has 3 atom stereocenters. The maximum absolute atomic E-state index is 13.2. The van der Waals surface area contributed by atoms with E-state index >= 15 is 0 Å². The number of rotatable bonds is 5. The van der Waals surface area contributed by atoms with Crippen LogP contribution in [-0.4, -0.2) is 27.5 Å². The van der Waals surface area contributed by atoms with Crippen molar-refractivity contribution in [2.45, 2.75) is 19.1 Å².